The zero-order valence-electron chi connectivity index (χ0n) is 17.9. The lowest BCUT2D eigenvalue weighted by Crippen LogP contribution is -2.36. The SMILES string of the molecule is Cc1nn(Cc2ccc(C(=O)Nc3ccc(N4CCOCC4)nc3)cc2)c(C)c1[N+](=O)[O-]. The molecule has 166 valence electrons. The number of morpholine rings is 1. The molecule has 1 aromatic carbocycles. The van der Waals surface area contributed by atoms with Crippen LogP contribution in [0.25, 0.3) is 0 Å². The molecule has 1 amide bonds. The Morgan fingerprint density at radius 2 is 1.88 bits per heavy atom. The van der Waals surface area contributed by atoms with Crippen LogP contribution >= 0.6 is 0 Å². The fourth-order valence-corrected chi connectivity index (χ4v) is 3.68. The van der Waals surface area contributed by atoms with Gasteiger partial charge < -0.3 is 15.0 Å². The van der Waals surface area contributed by atoms with Gasteiger partial charge in [-0.25, -0.2) is 4.98 Å². The minimum Gasteiger partial charge on any atom is -0.378 e. The maximum atomic E-state index is 12.6. The number of anilines is 2. The number of carbonyl (C=O) groups is 1. The molecule has 2 aromatic heterocycles. The molecule has 4 rings (SSSR count). The van der Waals surface area contributed by atoms with Crippen LogP contribution in [0, 0.1) is 24.0 Å². The topological polar surface area (TPSA) is 115 Å². The standard InChI is InChI=1S/C22H24N6O4/c1-15-21(28(30)31)16(2)27(25-15)14-17-3-5-18(6-4-17)22(29)24-19-7-8-20(23-13-19)26-9-11-32-12-10-26/h3-8,13H,9-12,14H2,1-2H3,(H,24,29). The highest BCUT2D eigenvalue weighted by molar-refractivity contribution is 6.04. The molecule has 1 fully saturated rings. The first kappa shape index (κ1) is 21.4. The van der Waals surface area contributed by atoms with Crippen LogP contribution in [0.5, 0.6) is 0 Å². The van der Waals surface area contributed by atoms with Gasteiger partial charge in [0.15, 0.2) is 0 Å². The van der Waals surface area contributed by atoms with Gasteiger partial charge in [0.2, 0.25) is 0 Å². The Kier molecular flexibility index (Phi) is 6.13. The van der Waals surface area contributed by atoms with Crippen molar-refractivity contribution in [1.29, 1.82) is 0 Å². The molecule has 0 unspecified atom stereocenters. The third kappa shape index (κ3) is 4.59. The van der Waals surface area contributed by atoms with Crippen LogP contribution < -0.4 is 10.2 Å². The molecule has 1 N–H and O–H groups in total. The molecule has 0 spiro atoms. The van der Waals surface area contributed by atoms with E-state index in [0.29, 0.717) is 42.4 Å². The monoisotopic (exact) mass is 436 g/mol. The van der Waals surface area contributed by atoms with Gasteiger partial charge in [-0.2, -0.15) is 5.10 Å². The largest absolute Gasteiger partial charge is 0.378 e. The first-order chi connectivity index (χ1) is 15.4. The number of pyridine rings is 1. The molecule has 0 saturated carbocycles. The lowest BCUT2D eigenvalue weighted by atomic mass is 10.1. The van der Waals surface area contributed by atoms with Crippen molar-refractivity contribution in [2.24, 2.45) is 0 Å². The van der Waals surface area contributed by atoms with Crippen molar-refractivity contribution < 1.29 is 14.5 Å². The van der Waals surface area contributed by atoms with Gasteiger partial charge in [-0.3, -0.25) is 19.6 Å². The number of ether oxygens (including phenoxy) is 1. The number of nitro groups is 1. The van der Waals surface area contributed by atoms with Gasteiger partial charge in [-0.15, -0.1) is 0 Å². The van der Waals surface area contributed by atoms with Crippen LogP contribution in [0.15, 0.2) is 42.6 Å². The van der Waals surface area contributed by atoms with Crippen molar-refractivity contribution in [2.75, 3.05) is 36.5 Å². The third-order valence-electron chi connectivity index (χ3n) is 5.42. The van der Waals surface area contributed by atoms with Crippen LogP contribution in [0.3, 0.4) is 0 Å². The summed E-state index contributed by atoms with van der Waals surface area (Å²) in [7, 11) is 0. The van der Waals surface area contributed by atoms with Crippen molar-refractivity contribution >= 4 is 23.1 Å². The van der Waals surface area contributed by atoms with E-state index in [2.05, 4.69) is 20.3 Å². The average molecular weight is 436 g/mol. The second kappa shape index (κ2) is 9.15. The molecule has 10 heteroatoms. The normalized spacial score (nSPS) is 13.8. The van der Waals surface area contributed by atoms with E-state index in [1.54, 1.807) is 36.9 Å². The maximum absolute atomic E-state index is 12.6. The molecule has 1 aliphatic heterocycles. The van der Waals surface area contributed by atoms with E-state index >= 15 is 0 Å². The molecule has 1 aliphatic rings. The minimum atomic E-state index is -0.413. The van der Waals surface area contributed by atoms with E-state index in [-0.39, 0.29) is 11.6 Å². The van der Waals surface area contributed by atoms with Gasteiger partial charge in [0.1, 0.15) is 17.2 Å². The third-order valence-corrected chi connectivity index (χ3v) is 5.42. The van der Waals surface area contributed by atoms with Gasteiger partial charge >= 0.3 is 5.69 Å². The van der Waals surface area contributed by atoms with E-state index in [9.17, 15) is 14.9 Å². The molecule has 0 aliphatic carbocycles. The van der Waals surface area contributed by atoms with Crippen molar-refractivity contribution in [3.8, 4) is 0 Å². The molecule has 0 atom stereocenters. The van der Waals surface area contributed by atoms with Crippen LogP contribution in [-0.2, 0) is 11.3 Å². The van der Waals surface area contributed by atoms with Gasteiger partial charge in [-0.1, -0.05) is 12.1 Å². The summed E-state index contributed by atoms with van der Waals surface area (Å²) >= 11 is 0. The summed E-state index contributed by atoms with van der Waals surface area (Å²) in [5.74, 6) is 0.624. The molecule has 1 saturated heterocycles. The highest BCUT2D eigenvalue weighted by Gasteiger charge is 2.21. The first-order valence-electron chi connectivity index (χ1n) is 10.3. The van der Waals surface area contributed by atoms with Crippen molar-refractivity contribution in [1.82, 2.24) is 14.8 Å². The number of nitrogens with zero attached hydrogens (tertiary/aromatic N) is 5. The van der Waals surface area contributed by atoms with E-state index in [0.717, 1.165) is 24.5 Å². The molecule has 3 heterocycles. The Balaban J connectivity index is 1.39. The van der Waals surface area contributed by atoms with Crippen molar-refractivity contribution in [2.45, 2.75) is 20.4 Å². The van der Waals surface area contributed by atoms with E-state index in [1.165, 1.54) is 0 Å². The second-order valence-electron chi connectivity index (χ2n) is 7.59. The summed E-state index contributed by atoms with van der Waals surface area (Å²) in [5.41, 5.74) is 2.93. The Bertz CT molecular complexity index is 1120. The maximum Gasteiger partial charge on any atom is 0.312 e. The van der Waals surface area contributed by atoms with E-state index < -0.39 is 4.92 Å². The Hall–Kier alpha value is -3.79. The van der Waals surface area contributed by atoms with Gasteiger partial charge in [-0.05, 0) is 43.7 Å². The first-order valence-corrected chi connectivity index (χ1v) is 10.3. The predicted molar refractivity (Wildman–Crippen MR) is 119 cm³/mol. The Morgan fingerprint density at radius 1 is 1.16 bits per heavy atom. The summed E-state index contributed by atoms with van der Waals surface area (Å²) in [4.78, 5) is 29.9. The molecule has 10 nitrogen and oxygen atoms in total. The number of rotatable bonds is 6. The number of aromatic nitrogens is 3. The summed E-state index contributed by atoms with van der Waals surface area (Å²) < 4.78 is 6.95. The van der Waals surface area contributed by atoms with Gasteiger partial charge in [0.25, 0.3) is 5.91 Å². The highest BCUT2D eigenvalue weighted by Crippen LogP contribution is 2.23. The fraction of sp³-hybridized carbons (Fsp3) is 0.318. The number of nitrogens with one attached hydrogen (secondary N) is 1. The number of hydrogen-bond donors (Lipinski definition) is 1. The zero-order chi connectivity index (χ0) is 22.7. The number of hydrogen-bond acceptors (Lipinski definition) is 7. The lowest BCUT2D eigenvalue weighted by molar-refractivity contribution is -0.386. The van der Waals surface area contributed by atoms with Crippen molar-refractivity contribution in [3.05, 3.63) is 75.2 Å². The number of amides is 1. The summed E-state index contributed by atoms with van der Waals surface area (Å²) in [6.45, 7) is 6.66. The fourth-order valence-electron chi connectivity index (χ4n) is 3.68. The minimum absolute atomic E-state index is 0.0363. The Labute approximate surface area is 185 Å². The summed E-state index contributed by atoms with van der Waals surface area (Å²) in [6.07, 6.45) is 1.65. The average Bonchev–Trinajstić information content (AvgIpc) is 3.08. The quantitative estimate of drug-likeness (QED) is 0.466. The zero-order valence-corrected chi connectivity index (χ0v) is 17.9. The molecule has 32 heavy (non-hydrogen) atoms. The van der Waals surface area contributed by atoms with Gasteiger partial charge in [0, 0.05) is 18.7 Å². The van der Waals surface area contributed by atoms with Crippen LogP contribution in [0.4, 0.5) is 17.2 Å². The van der Waals surface area contributed by atoms with Crippen LogP contribution in [0.2, 0.25) is 0 Å². The van der Waals surface area contributed by atoms with Crippen molar-refractivity contribution in [3.63, 3.8) is 0 Å². The van der Waals surface area contributed by atoms with E-state index in [1.807, 2.05) is 24.3 Å². The number of aryl methyl sites for hydroxylation is 1. The number of benzene rings is 1. The molecule has 3 aromatic rings. The molecular formula is C22H24N6O4. The van der Waals surface area contributed by atoms with Crippen LogP contribution in [0.1, 0.15) is 27.3 Å². The number of carbonyl (C=O) groups excluding carboxylic acids is 1. The van der Waals surface area contributed by atoms with E-state index in [4.69, 9.17) is 4.74 Å². The molecular weight excluding hydrogens is 412 g/mol. The summed E-state index contributed by atoms with van der Waals surface area (Å²) in [6, 6.07) is 10.8. The second-order valence-corrected chi connectivity index (χ2v) is 7.59. The summed E-state index contributed by atoms with van der Waals surface area (Å²) in [5, 5.41) is 18.3. The van der Waals surface area contributed by atoms with Gasteiger partial charge in [0.05, 0.1) is 36.6 Å². The Morgan fingerprint density at radius 3 is 2.47 bits per heavy atom. The molecule has 0 radical (unpaired) electrons. The van der Waals surface area contributed by atoms with Crippen LogP contribution in [-0.4, -0.2) is 51.9 Å². The highest BCUT2D eigenvalue weighted by atomic mass is 16.6. The lowest BCUT2D eigenvalue weighted by Gasteiger charge is -2.27. The molecule has 0 bridgehead atoms. The smallest absolute Gasteiger partial charge is 0.312 e. The predicted octanol–water partition coefficient (Wildman–Crippen LogP) is 2.94.